The fourth-order valence-corrected chi connectivity index (χ4v) is 3.12. The van der Waals surface area contributed by atoms with Crippen molar-refractivity contribution in [3.05, 3.63) is 54.1 Å². The van der Waals surface area contributed by atoms with E-state index in [1.807, 2.05) is 6.92 Å². The molecular formula is C18H19F2NO2S. The number of carbonyl (C=O) groups excluding carboxylic acids is 1. The van der Waals surface area contributed by atoms with Crippen LogP contribution in [-0.4, -0.2) is 18.3 Å². The molecule has 0 spiro atoms. The summed E-state index contributed by atoms with van der Waals surface area (Å²) in [6, 6.07) is 10.2. The highest BCUT2D eigenvalue weighted by Gasteiger charge is 2.11. The summed E-state index contributed by atoms with van der Waals surface area (Å²) >= 11 is 1.58. The molecule has 6 heteroatoms. The summed E-state index contributed by atoms with van der Waals surface area (Å²) in [4.78, 5) is 13.0. The van der Waals surface area contributed by atoms with Crippen molar-refractivity contribution >= 4 is 23.4 Å². The Morgan fingerprint density at radius 1 is 1.17 bits per heavy atom. The van der Waals surface area contributed by atoms with E-state index in [4.69, 9.17) is 4.74 Å². The van der Waals surface area contributed by atoms with Gasteiger partial charge in [0.15, 0.2) is 0 Å². The highest BCUT2D eigenvalue weighted by molar-refractivity contribution is 7.99. The molecule has 2 rings (SSSR count). The number of amides is 1. The summed E-state index contributed by atoms with van der Waals surface area (Å²) in [6.07, 6.45) is 0.945. The Kier molecular flexibility index (Phi) is 6.61. The van der Waals surface area contributed by atoms with E-state index in [1.165, 1.54) is 37.4 Å². The molecule has 0 aromatic heterocycles. The number of benzene rings is 2. The van der Waals surface area contributed by atoms with Gasteiger partial charge in [-0.3, -0.25) is 4.79 Å². The SMILES string of the molecule is COc1ccc(F)cc1NC(=O)CCC(C)Sc1ccc(F)cc1. The van der Waals surface area contributed by atoms with Crippen molar-refractivity contribution in [3.63, 3.8) is 0 Å². The summed E-state index contributed by atoms with van der Waals surface area (Å²) in [5.41, 5.74) is 0.321. The van der Waals surface area contributed by atoms with E-state index in [0.29, 0.717) is 24.3 Å². The molecule has 1 unspecified atom stereocenters. The molecule has 1 N–H and O–H groups in total. The maximum atomic E-state index is 13.3. The van der Waals surface area contributed by atoms with Crippen molar-refractivity contribution < 1.29 is 18.3 Å². The lowest BCUT2D eigenvalue weighted by molar-refractivity contribution is -0.116. The van der Waals surface area contributed by atoms with Crippen LogP contribution in [0.1, 0.15) is 19.8 Å². The first-order valence-corrected chi connectivity index (χ1v) is 8.41. The third-order valence-electron chi connectivity index (χ3n) is 3.36. The van der Waals surface area contributed by atoms with E-state index in [-0.39, 0.29) is 17.0 Å². The highest BCUT2D eigenvalue weighted by atomic mass is 32.2. The smallest absolute Gasteiger partial charge is 0.224 e. The number of halogens is 2. The molecular weight excluding hydrogens is 332 g/mol. The molecule has 2 aromatic carbocycles. The van der Waals surface area contributed by atoms with Crippen molar-refractivity contribution in [2.24, 2.45) is 0 Å². The van der Waals surface area contributed by atoms with Crippen molar-refractivity contribution in [1.82, 2.24) is 0 Å². The summed E-state index contributed by atoms with van der Waals surface area (Å²) < 4.78 is 31.3. The fourth-order valence-electron chi connectivity index (χ4n) is 2.13. The van der Waals surface area contributed by atoms with Gasteiger partial charge in [0.05, 0.1) is 12.8 Å². The monoisotopic (exact) mass is 351 g/mol. The van der Waals surface area contributed by atoms with E-state index in [1.54, 1.807) is 23.9 Å². The number of carbonyl (C=O) groups is 1. The number of thioether (sulfide) groups is 1. The average Bonchev–Trinajstić information content (AvgIpc) is 2.55. The van der Waals surface area contributed by atoms with Crippen molar-refractivity contribution in [2.75, 3.05) is 12.4 Å². The van der Waals surface area contributed by atoms with Gasteiger partial charge in [-0.1, -0.05) is 6.92 Å². The number of methoxy groups -OCH3 is 1. The maximum Gasteiger partial charge on any atom is 0.224 e. The van der Waals surface area contributed by atoms with E-state index in [9.17, 15) is 13.6 Å². The molecule has 128 valence electrons. The van der Waals surface area contributed by atoms with Crippen LogP contribution in [-0.2, 0) is 4.79 Å². The molecule has 0 fully saturated rings. The van der Waals surface area contributed by atoms with Gasteiger partial charge in [-0.25, -0.2) is 8.78 Å². The zero-order chi connectivity index (χ0) is 17.5. The lowest BCUT2D eigenvalue weighted by Gasteiger charge is -2.13. The van der Waals surface area contributed by atoms with Gasteiger partial charge in [0, 0.05) is 22.6 Å². The van der Waals surface area contributed by atoms with Crippen LogP contribution >= 0.6 is 11.8 Å². The van der Waals surface area contributed by atoms with Gasteiger partial charge in [0.1, 0.15) is 17.4 Å². The van der Waals surface area contributed by atoms with Crippen LogP contribution < -0.4 is 10.1 Å². The molecule has 24 heavy (non-hydrogen) atoms. The lowest BCUT2D eigenvalue weighted by Crippen LogP contribution is -2.14. The van der Waals surface area contributed by atoms with Crippen LogP contribution in [0.4, 0.5) is 14.5 Å². The Bertz CT molecular complexity index is 692. The van der Waals surface area contributed by atoms with Crippen molar-refractivity contribution in [3.8, 4) is 5.75 Å². The Balaban J connectivity index is 1.84. The van der Waals surface area contributed by atoms with E-state index >= 15 is 0 Å². The Labute approximate surface area is 144 Å². The fraction of sp³-hybridized carbons (Fsp3) is 0.278. The van der Waals surface area contributed by atoms with Crippen LogP contribution in [0.15, 0.2) is 47.4 Å². The standard InChI is InChI=1S/C18H19F2NO2S/c1-12(24-15-7-4-13(19)5-8-15)3-10-18(22)21-16-11-14(20)6-9-17(16)23-2/h4-9,11-12H,3,10H2,1-2H3,(H,21,22). The second-order valence-corrected chi connectivity index (χ2v) is 6.83. The minimum absolute atomic E-state index is 0.190. The van der Waals surface area contributed by atoms with Gasteiger partial charge in [0.2, 0.25) is 5.91 Å². The van der Waals surface area contributed by atoms with Gasteiger partial charge in [-0.2, -0.15) is 0 Å². The number of nitrogens with one attached hydrogen (secondary N) is 1. The topological polar surface area (TPSA) is 38.3 Å². The second kappa shape index (κ2) is 8.68. The Hall–Kier alpha value is -2.08. The zero-order valence-electron chi connectivity index (χ0n) is 13.5. The molecule has 0 saturated heterocycles. The van der Waals surface area contributed by atoms with Crippen molar-refractivity contribution in [2.45, 2.75) is 29.9 Å². The van der Waals surface area contributed by atoms with Gasteiger partial charge in [-0.05, 0) is 42.8 Å². The maximum absolute atomic E-state index is 13.3. The summed E-state index contributed by atoms with van der Waals surface area (Å²) in [5, 5.41) is 2.86. The molecule has 2 aromatic rings. The summed E-state index contributed by atoms with van der Waals surface area (Å²) in [7, 11) is 1.46. The zero-order valence-corrected chi connectivity index (χ0v) is 14.3. The molecule has 0 heterocycles. The van der Waals surface area contributed by atoms with Gasteiger partial charge >= 0.3 is 0 Å². The van der Waals surface area contributed by atoms with Crippen LogP contribution in [0.5, 0.6) is 5.75 Å². The molecule has 3 nitrogen and oxygen atoms in total. The van der Waals surface area contributed by atoms with Crippen LogP contribution in [0.2, 0.25) is 0 Å². The summed E-state index contributed by atoms with van der Waals surface area (Å²) in [5.74, 6) is -0.495. The summed E-state index contributed by atoms with van der Waals surface area (Å²) in [6.45, 7) is 2.00. The van der Waals surface area contributed by atoms with Gasteiger partial charge in [0.25, 0.3) is 0 Å². The second-order valence-electron chi connectivity index (χ2n) is 5.31. The first kappa shape index (κ1) is 18.3. The van der Waals surface area contributed by atoms with Crippen LogP contribution in [0, 0.1) is 11.6 Å². The number of hydrogen-bond acceptors (Lipinski definition) is 3. The van der Waals surface area contributed by atoms with E-state index in [2.05, 4.69) is 5.32 Å². The molecule has 0 bridgehead atoms. The Morgan fingerprint density at radius 2 is 1.83 bits per heavy atom. The largest absolute Gasteiger partial charge is 0.495 e. The average molecular weight is 351 g/mol. The molecule has 1 amide bonds. The van der Waals surface area contributed by atoms with E-state index in [0.717, 1.165) is 4.90 Å². The Morgan fingerprint density at radius 3 is 2.50 bits per heavy atom. The number of rotatable bonds is 7. The van der Waals surface area contributed by atoms with E-state index < -0.39 is 5.82 Å². The number of ether oxygens (including phenoxy) is 1. The molecule has 0 radical (unpaired) electrons. The lowest BCUT2D eigenvalue weighted by atomic mass is 10.2. The first-order chi connectivity index (χ1) is 11.5. The molecule has 0 saturated carbocycles. The molecule has 0 aliphatic rings. The molecule has 0 aliphatic carbocycles. The normalized spacial score (nSPS) is 11.8. The third-order valence-corrected chi connectivity index (χ3v) is 4.55. The van der Waals surface area contributed by atoms with Gasteiger partial charge in [-0.15, -0.1) is 11.8 Å². The third kappa shape index (κ3) is 5.53. The van der Waals surface area contributed by atoms with Gasteiger partial charge < -0.3 is 10.1 Å². The van der Waals surface area contributed by atoms with Crippen molar-refractivity contribution in [1.29, 1.82) is 0 Å². The highest BCUT2D eigenvalue weighted by Crippen LogP contribution is 2.27. The molecule has 1 atom stereocenters. The minimum atomic E-state index is -0.439. The predicted octanol–water partition coefficient (Wildman–Crippen LogP) is 4.87. The predicted molar refractivity (Wildman–Crippen MR) is 92.5 cm³/mol. The number of anilines is 1. The van der Waals surface area contributed by atoms with Crippen LogP contribution in [0.3, 0.4) is 0 Å². The quantitative estimate of drug-likeness (QED) is 0.723. The molecule has 0 aliphatic heterocycles. The first-order valence-electron chi connectivity index (χ1n) is 7.53. The minimum Gasteiger partial charge on any atom is -0.495 e. The van der Waals surface area contributed by atoms with Crippen LogP contribution in [0.25, 0.3) is 0 Å². The number of hydrogen-bond donors (Lipinski definition) is 1.